The van der Waals surface area contributed by atoms with Crippen molar-refractivity contribution in [2.24, 2.45) is 0 Å². The van der Waals surface area contributed by atoms with Crippen molar-refractivity contribution in [2.45, 2.75) is 20.0 Å². The van der Waals surface area contributed by atoms with Crippen molar-refractivity contribution in [1.82, 2.24) is 0 Å². The molecule has 0 N–H and O–H groups in total. The molecule has 86 valence electrons. The second-order valence-electron chi connectivity index (χ2n) is 3.15. The van der Waals surface area contributed by atoms with Gasteiger partial charge in [0.2, 0.25) is 0 Å². The standard InChI is InChI=1S/C10H10FNO4/c1-3-16-10-6(2)9(11)7(5-13)4-8(10)12(14)15/h4,9H,3H2,1-2H3. The molecule has 1 aliphatic carbocycles. The van der Waals surface area contributed by atoms with Crippen molar-refractivity contribution in [2.75, 3.05) is 6.61 Å². The number of rotatable bonds is 3. The number of ether oxygens (including phenoxy) is 1. The van der Waals surface area contributed by atoms with Gasteiger partial charge in [0, 0.05) is 11.6 Å². The number of allylic oxidation sites excluding steroid dienone is 3. The second-order valence-corrected chi connectivity index (χ2v) is 3.15. The van der Waals surface area contributed by atoms with Gasteiger partial charge in [-0.15, -0.1) is 0 Å². The molecule has 0 saturated carbocycles. The van der Waals surface area contributed by atoms with E-state index < -0.39 is 16.8 Å². The topological polar surface area (TPSA) is 69.4 Å². The van der Waals surface area contributed by atoms with Gasteiger partial charge in [-0.3, -0.25) is 10.1 Å². The first-order valence-corrected chi connectivity index (χ1v) is 4.62. The zero-order chi connectivity index (χ0) is 12.3. The highest BCUT2D eigenvalue weighted by Crippen LogP contribution is 2.30. The van der Waals surface area contributed by atoms with Crippen LogP contribution < -0.4 is 0 Å². The van der Waals surface area contributed by atoms with E-state index in [9.17, 15) is 19.3 Å². The molecule has 0 aromatic carbocycles. The number of halogens is 1. The lowest BCUT2D eigenvalue weighted by molar-refractivity contribution is -0.424. The van der Waals surface area contributed by atoms with Crippen LogP contribution in [-0.4, -0.2) is 23.6 Å². The summed E-state index contributed by atoms with van der Waals surface area (Å²) in [6.45, 7) is 3.17. The Balaban J connectivity index is 3.31. The number of nitrogens with zero attached hydrogens (tertiary/aromatic N) is 1. The van der Waals surface area contributed by atoms with Crippen LogP contribution in [0.15, 0.2) is 28.7 Å². The summed E-state index contributed by atoms with van der Waals surface area (Å²) in [5.74, 6) is 1.24. The van der Waals surface area contributed by atoms with Crippen LogP contribution in [0.3, 0.4) is 0 Å². The van der Waals surface area contributed by atoms with Crippen LogP contribution in [0.2, 0.25) is 0 Å². The van der Waals surface area contributed by atoms with E-state index in [1.165, 1.54) is 12.9 Å². The Bertz CT molecular complexity index is 432. The molecule has 5 nitrogen and oxygen atoms in total. The summed E-state index contributed by atoms with van der Waals surface area (Å²) in [5, 5.41) is 10.7. The molecule has 1 rings (SSSR count). The van der Waals surface area contributed by atoms with Gasteiger partial charge < -0.3 is 4.74 Å². The average molecular weight is 227 g/mol. The fraction of sp³-hybridized carbons (Fsp3) is 0.400. The summed E-state index contributed by atoms with van der Waals surface area (Å²) in [4.78, 5) is 20.4. The van der Waals surface area contributed by atoms with Crippen molar-refractivity contribution >= 4 is 5.94 Å². The molecule has 0 heterocycles. The Kier molecular flexibility index (Phi) is 3.58. The summed E-state index contributed by atoms with van der Waals surface area (Å²) in [6, 6.07) is 0. The number of nitro groups is 1. The maximum absolute atomic E-state index is 13.5. The number of carbonyl (C=O) groups excluding carboxylic acids is 1. The van der Waals surface area contributed by atoms with E-state index in [1.54, 1.807) is 6.92 Å². The maximum atomic E-state index is 13.5. The molecule has 0 saturated heterocycles. The predicted octanol–water partition coefficient (Wildman–Crippen LogP) is 1.57. The van der Waals surface area contributed by atoms with Crippen LogP contribution in [0.1, 0.15) is 13.8 Å². The van der Waals surface area contributed by atoms with E-state index >= 15 is 0 Å². The minimum absolute atomic E-state index is 0.0226. The fourth-order valence-electron chi connectivity index (χ4n) is 1.39. The van der Waals surface area contributed by atoms with Gasteiger partial charge in [0.25, 0.3) is 0 Å². The van der Waals surface area contributed by atoms with Gasteiger partial charge in [-0.1, -0.05) is 0 Å². The van der Waals surface area contributed by atoms with Crippen LogP contribution >= 0.6 is 0 Å². The van der Waals surface area contributed by atoms with Gasteiger partial charge in [0.15, 0.2) is 11.9 Å². The van der Waals surface area contributed by atoms with Crippen molar-refractivity contribution in [1.29, 1.82) is 0 Å². The first-order chi connectivity index (χ1) is 7.52. The van der Waals surface area contributed by atoms with Crippen molar-refractivity contribution in [3.8, 4) is 0 Å². The normalized spacial score (nSPS) is 20.3. The third-order valence-corrected chi connectivity index (χ3v) is 2.14. The molecule has 0 fully saturated rings. The Morgan fingerprint density at radius 3 is 2.75 bits per heavy atom. The summed E-state index contributed by atoms with van der Waals surface area (Å²) >= 11 is 0. The van der Waals surface area contributed by atoms with Crippen LogP contribution in [0.4, 0.5) is 4.39 Å². The first kappa shape index (κ1) is 12.1. The predicted molar refractivity (Wildman–Crippen MR) is 53.5 cm³/mol. The molecule has 1 unspecified atom stereocenters. The summed E-state index contributed by atoms with van der Waals surface area (Å²) < 4.78 is 18.6. The van der Waals surface area contributed by atoms with Gasteiger partial charge in [0.05, 0.1) is 17.1 Å². The molecule has 0 bridgehead atoms. The zero-order valence-corrected chi connectivity index (χ0v) is 8.82. The molecule has 0 spiro atoms. The highest BCUT2D eigenvalue weighted by Gasteiger charge is 2.33. The Morgan fingerprint density at radius 1 is 1.69 bits per heavy atom. The second kappa shape index (κ2) is 4.72. The summed E-state index contributed by atoms with van der Waals surface area (Å²) in [5.41, 5.74) is -0.770. The lowest BCUT2D eigenvalue weighted by Gasteiger charge is -2.17. The minimum Gasteiger partial charge on any atom is -0.487 e. The van der Waals surface area contributed by atoms with Crippen LogP contribution in [0, 0.1) is 10.1 Å². The summed E-state index contributed by atoms with van der Waals surface area (Å²) in [6.07, 6.45) is -0.835. The average Bonchev–Trinajstić information content (AvgIpc) is 2.25. The SMILES string of the molecule is CCOC1=C(C)C(F)C(=C=O)C=C1[N+](=O)[O-]. The first-order valence-electron chi connectivity index (χ1n) is 4.62. The van der Waals surface area contributed by atoms with Gasteiger partial charge in [-0.05, 0) is 13.8 Å². The van der Waals surface area contributed by atoms with E-state index in [4.69, 9.17) is 4.74 Å². The monoisotopic (exact) mass is 227 g/mol. The van der Waals surface area contributed by atoms with Crippen LogP contribution in [0.25, 0.3) is 0 Å². The van der Waals surface area contributed by atoms with Crippen molar-refractivity contribution < 1.29 is 18.8 Å². The molecule has 0 aliphatic heterocycles. The zero-order valence-electron chi connectivity index (χ0n) is 8.82. The Morgan fingerprint density at radius 2 is 2.31 bits per heavy atom. The lowest BCUT2D eigenvalue weighted by Crippen LogP contribution is -2.19. The molecular weight excluding hydrogens is 217 g/mol. The minimum atomic E-state index is -1.69. The van der Waals surface area contributed by atoms with E-state index in [1.807, 2.05) is 0 Å². The molecule has 0 amide bonds. The van der Waals surface area contributed by atoms with E-state index in [-0.39, 0.29) is 23.5 Å². The Hall–Kier alpha value is -1.94. The highest BCUT2D eigenvalue weighted by molar-refractivity contribution is 5.64. The molecule has 16 heavy (non-hydrogen) atoms. The maximum Gasteiger partial charge on any atom is 0.312 e. The van der Waals surface area contributed by atoms with Crippen LogP contribution in [-0.2, 0) is 9.53 Å². The van der Waals surface area contributed by atoms with E-state index in [2.05, 4.69) is 0 Å². The third kappa shape index (κ3) is 2.01. The van der Waals surface area contributed by atoms with Crippen molar-refractivity contribution in [3.05, 3.63) is 38.8 Å². The largest absolute Gasteiger partial charge is 0.487 e. The van der Waals surface area contributed by atoms with E-state index in [0.29, 0.717) is 0 Å². The van der Waals surface area contributed by atoms with Crippen LogP contribution in [0.5, 0.6) is 0 Å². The van der Waals surface area contributed by atoms with E-state index in [0.717, 1.165) is 6.08 Å². The van der Waals surface area contributed by atoms with Crippen molar-refractivity contribution in [3.63, 3.8) is 0 Å². The molecule has 1 atom stereocenters. The molecular formula is C10H10FNO4. The smallest absolute Gasteiger partial charge is 0.312 e. The molecule has 0 aromatic rings. The van der Waals surface area contributed by atoms with Gasteiger partial charge in [-0.2, -0.15) is 0 Å². The summed E-state index contributed by atoms with van der Waals surface area (Å²) in [7, 11) is 0. The lowest BCUT2D eigenvalue weighted by atomic mass is 9.97. The quantitative estimate of drug-likeness (QED) is 0.417. The Labute approximate surface area is 91.0 Å². The highest BCUT2D eigenvalue weighted by atomic mass is 19.1. The molecule has 0 radical (unpaired) electrons. The van der Waals surface area contributed by atoms with Gasteiger partial charge in [-0.25, -0.2) is 9.18 Å². The fourth-order valence-corrected chi connectivity index (χ4v) is 1.39. The number of hydrogen-bond donors (Lipinski definition) is 0. The van der Waals surface area contributed by atoms with Gasteiger partial charge in [0.1, 0.15) is 5.94 Å². The number of hydrogen-bond acceptors (Lipinski definition) is 4. The van der Waals surface area contributed by atoms with Gasteiger partial charge >= 0.3 is 5.70 Å². The third-order valence-electron chi connectivity index (χ3n) is 2.14. The molecule has 0 aromatic heterocycles. The molecule has 6 heteroatoms. The molecule has 1 aliphatic rings. The number of alkyl halides is 1.